The molecule has 0 spiro atoms. The standard InChI is InChI=1S/C5H10N2O3.C3H7NO2S/c6-3(5(9)10)1-2-4(7)8;4-2(1-7)3(5)6/h3H,1-2,6H2,(H2,7,8)(H,9,10);2,7H,1,4H2,(H,5,6)/t3-;2-/m10/s1. The summed E-state index contributed by atoms with van der Waals surface area (Å²) in [6.45, 7) is 0. The van der Waals surface area contributed by atoms with Crippen LogP contribution in [-0.4, -0.2) is 45.9 Å². The number of carbonyl (C=O) groups is 3. The summed E-state index contributed by atoms with van der Waals surface area (Å²) in [5, 5.41) is 16.2. The van der Waals surface area contributed by atoms with Gasteiger partial charge in [-0.15, -0.1) is 0 Å². The molecule has 0 unspecified atom stereocenters. The van der Waals surface area contributed by atoms with Crippen LogP contribution in [0.4, 0.5) is 0 Å². The molecule has 0 saturated carbocycles. The summed E-state index contributed by atoms with van der Waals surface area (Å²) in [5.74, 6) is -2.46. The van der Waals surface area contributed by atoms with Crippen molar-refractivity contribution < 1.29 is 24.6 Å². The number of rotatable bonds is 6. The molecular weight excluding hydrogens is 250 g/mol. The minimum absolute atomic E-state index is 0.0213. The minimum atomic E-state index is -1.11. The molecule has 0 radical (unpaired) electrons. The normalized spacial score (nSPS) is 12.9. The van der Waals surface area contributed by atoms with Gasteiger partial charge in [0, 0.05) is 12.2 Å². The zero-order chi connectivity index (χ0) is 14.0. The Labute approximate surface area is 104 Å². The van der Waals surface area contributed by atoms with Crippen LogP contribution in [-0.2, 0) is 14.4 Å². The predicted molar refractivity (Wildman–Crippen MR) is 63.5 cm³/mol. The molecular formula is C8H17N3O5S. The Balaban J connectivity index is 0. The van der Waals surface area contributed by atoms with Crippen LogP contribution in [0, 0.1) is 0 Å². The van der Waals surface area contributed by atoms with Gasteiger partial charge in [0.05, 0.1) is 0 Å². The number of carboxylic acids is 2. The van der Waals surface area contributed by atoms with Crippen LogP contribution in [0.25, 0.3) is 0 Å². The highest BCUT2D eigenvalue weighted by Crippen LogP contribution is 1.92. The second kappa shape index (κ2) is 9.87. The Morgan fingerprint density at radius 1 is 1.06 bits per heavy atom. The molecule has 100 valence electrons. The fourth-order valence-electron chi connectivity index (χ4n) is 0.499. The molecule has 17 heavy (non-hydrogen) atoms. The SMILES string of the molecule is NC(=O)CC[C@@H](N)C(=O)O.N[C@@H](CS)C(=O)O. The maximum atomic E-state index is 10.1. The summed E-state index contributed by atoms with van der Waals surface area (Å²) in [6, 6.07) is -1.80. The number of hydrogen-bond donors (Lipinski definition) is 6. The van der Waals surface area contributed by atoms with Crippen LogP contribution in [0.3, 0.4) is 0 Å². The molecule has 2 atom stereocenters. The van der Waals surface area contributed by atoms with Gasteiger partial charge in [0.1, 0.15) is 12.1 Å². The van der Waals surface area contributed by atoms with Crippen LogP contribution in [0.5, 0.6) is 0 Å². The highest BCUT2D eigenvalue weighted by molar-refractivity contribution is 7.80. The second-order valence-corrected chi connectivity index (χ2v) is 3.44. The molecule has 1 amide bonds. The third kappa shape index (κ3) is 12.6. The molecule has 0 heterocycles. The molecule has 0 rings (SSSR count). The Bertz CT molecular complexity index is 274. The number of hydrogen-bond acceptors (Lipinski definition) is 6. The van der Waals surface area contributed by atoms with Crippen molar-refractivity contribution in [2.75, 3.05) is 5.75 Å². The molecule has 0 aromatic rings. The number of primary amides is 1. The van der Waals surface area contributed by atoms with Crippen molar-refractivity contribution >= 4 is 30.5 Å². The molecule has 8 nitrogen and oxygen atoms in total. The summed E-state index contributed by atoms with van der Waals surface area (Å²) in [6.07, 6.45) is 0.123. The first-order chi connectivity index (χ1) is 7.72. The van der Waals surface area contributed by atoms with Crippen LogP contribution in [0.1, 0.15) is 12.8 Å². The van der Waals surface area contributed by atoms with Gasteiger partial charge in [-0.3, -0.25) is 14.4 Å². The molecule has 0 aliphatic heterocycles. The number of carbonyl (C=O) groups excluding carboxylic acids is 1. The summed E-state index contributed by atoms with van der Waals surface area (Å²) < 4.78 is 0. The van der Waals surface area contributed by atoms with Gasteiger partial charge in [-0.05, 0) is 6.42 Å². The van der Waals surface area contributed by atoms with Crippen molar-refractivity contribution in [3.63, 3.8) is 0 Å². The first-order valence-electron chi connectivity index (χ1n) is 4.58. The van der Waals surface area contributed by atoms with E-state index in [-0.39, 0.29) is 18.6 Å². The van der Waals surface area contributed by atoms with Crippen molar-refractivity contribution in [2.24, 2.45) is 17.2 Å². The minimum Gasteiger partial charge on any atom is -0.480 e. The van der Waals surface area contributed by atoms with Crippen LogP contribution >= 0.6 is 12.6 Å². The van der Waals surface area contributed by atoms with Gasteiger partial charge in [-0.1, -0.05) is 0 Å². The first kappa shape index (κ1) is 18.1. The largest absolute Gasteiger partial charge is 0.480 e. The van der Waals surface area contributed by atoms with E-state index in [1.54, 1.807) is 0 Å². The van der Waals surface area contributed by atoms with Crippen LogP contribution < -0.4 is 17.2 Å². The molecule has 0 bridgehead atoms. The number of nitrogens with two attached hydrogens (primary N) is 3. The molecule has 0 aliphatic rings. The lowest BCUT2D eigenvalue weighted by atomic mass is 10.2. The second-order valence-electron chi connectivity index (χ2n) is 3.08. The van der Waals surface area contributed by atoms with Crippen molar-refractivity contribution in [3.05, 3.63) is 0 Å². The Morgan fingerprint density at radius 3 is 1.65 bits per heavy atom. The average Bonchev–Trinajstić information content (AvgIpc) is 2.24. The zero-order valence-electron chi connectivity index (χ0n) is 9.07. The fourth-order valence-corrected chi connectivity index (χ4v) is 0.656. The molecule has 0 aromatic carbocycles. The molecule has 9 heteroatoms. The van der Waals surface area contributed by atoms with Crippen molar-refractivity contribution in [1.82, 2.24) is 0 Å². The van der Waals surface area contributed by atoms with Gasteiger partial charge in [-0.25, -0.2) is 0 Å². The van der Waals surface area contributed by atoms with E-state index in [1.165, 1.54) is 0 Å². The molecule has 0 aromatic heterocycles. The van der Waals surface area contributed by atoms with E-state index < -0.39 is 29.9 Å². The van der Waals surface area contributed by atoms with Gasteiger partial charge in [0.15, 0.2) is 0 Å². The quantitative estimate of drug-likeness (QED) is 0.302. The smallest absolute Gasteiger partial charge is 0.321 e. The molecule has 8 N–H and O–H groups in total. The summed E-state index contributed by atoms with van der Waals surface area (Å²) in [5.41, 5.74) is 14.8. The number of carboxylic acid groups (broad SMARTS) is 2. The van der Waals surface area contributed by atoms with Gasteiger partial charge in [0.2, 0.25) is 5.91 Å². The average molecular weight is 267 g/mol. The van der Waals surface area contributed by atoms with Crippen molar-refractivity contribution in [2.45, 2.75) is 24.9 Å². The summed E-state index contributed by atoms with van der Waals surface area (Å²) >= 11 is 3.65. The lowest BCUT2D eigenvalue weighted by Gasteiger charge is -2.01. The van der Waals surface area contributed by atoms with Crippen molar-refractivity contribution in [1.29, 1.82) is 0 Å². The van der Waals surface area contributed by atoms with Gasteiger partial charge >= 0.3 is 11.9 Å². The third-order valence-corrected chi connectivity index (χ3v) is 1.93. The van der Waals surface area contributed by atoms with Crippen molar-refractivity contribution in [3.8, 4) is 0 Å². The monoisotopic (exact) mass is 267 g/mol. The predicted octanol–water partition coefficient (Wildman–Crippen LogP) is -2.01. The van der Waals surface area contributed by atoms with Gasteiger partial charge in [-0.2, -0.15) is 12.6 Å². The van der Waals surface area contributed by atoms with E-state index in [2.05, 4.69) is 12.6 Å². The zero-order valence-corrected chi connectivity index (χ0v) is 9.97. The number of amides is 1. The number of aliphatic carboxylic acids is 2. The highest BCUT2D eigenvalue weighted by atomic mass is 32.1. The Kier molecular flexibility index (Phi) is 10.5. The third-order valence-electron chi connectivity index (χ3n) is 1.53. The molecule has 0 aliphatic carbocycles. The molecule has 0 fully saturated rings. The highest BCUT2D eigenvalue weighted by Gasteiger charge is 2.11. The van der Waals surface area contributed by atoms with E-state index in [9.17, 15) is 14.4 Å². The van der Waals surface area contributed by atoms with Crippen LogP contribution in [0.2, 0.25) is 0 Å². The van der Waals surface area contributed by atoms with E-state index in [1.807, 2.05) is 0 Å². The topological polar surface area (TPSA) is 170 Å². The molecule has 0 saturated heterocycles. The summed E-state index contributed by atoms with van der Waals surface area (Å²) in [7, 11) is 0. The van der Waals surface area contributed by atoms with E-state index in [0.717, 1.165) is 0 Å². The lowest BCUT2D eigenvalue weighted by Crippen LogP contribution is -2.31. The summed E-state index contributed by atoms with van der Waals surface area (Å²) in [4.78, 5) is 29.9. The fraction of sp³-hybridized carbons (Fsp3) is 0.625. The maximum Gasteiger partial charge on any atom is 0.321 e. The van der Waals surface area contributed by atoms with E-state index >= 15 is 0 Å². The first-order valence-corrected chi connectivity index (χ1v) is 5.21. The van der Waals surface area contributed by atoms with Gasteiger partial charge in [0.25, 0.3) is 0 Å². The van der Waals surface area contributed by atoms with E-state index in [4.69, 9.17) is 27.4 Å². The maximum absolute atomic E-state index is 10.1. The number of thiol groups is 1. The van der Waals surface area contributed by atoms with Gasteiger partial charge < -0.3 is 27.4 Å². The van der Waals surface area contributed by atoms with E-state index in [0.29, 0.717) is 0 Å². The Morgan fingerprint density at radius 2 is 1.47 bits per heavy atom. The Hall–Kier alpha value is -1.32. The lowest BCUT2D eigenvalue weighted by molar-refractivity contribution is -0.139. The van der Waals surface area contributed by atoms with Crippen LogP contribution in [0.15, 0.2) is 0 Å².